The van der Waals surface area contributed by atoms with Crippen molar-refractivity contribution in [3.8, 4) is 0 Å². The lowest BCUT2D eigenvalue weighted by atomic mass is 9.85. The second-order valence-electron chi connectivity index (χ2n) is 6.43. The van der Waals surface area contributed by atoms with Gasteiger partial charge in [0.1, 0.15) is 0 Å². The van der Waals surface area contributed by atoms with Crippen LogP contribution in [0.1, 0.15) is 25.0 Å². The summed E-state index contributed by atoms with van der Waals surface area (Å²) in [6.07, 6.45) is 0.288. The molecule has 118 valence electrons. The molecule has 0 unspecified atom stereocenters. The molecule has 0 saturated carbocycles. The van der Waals surface area contributed by atoms with Crippen molar-refractivity contribution in [1.82, 2.24) is 0 Å². The summed E-state index contributed by atoms with van der Waals surface area (Å²) >= 11 is 0. The maximum Gasteiger partial charge on any atom is 0.236 e. The topological polar surface area (TPSA) is 49.4 Å². The predicted molar refractivity (Wildman–Crippen MR) is 91.7 cm³/mol. The Morgan fingerprint density at radius 1 is 1.13 bits per heavy atom. The second kappa shape index (κ2) is 5.54. The Hall–Kier alpha value is -2.62. The highest BCUT2D eigenvalue weighted by Gasteiger charge is 2.42. The molecule has 4 heteroatoms. The van der Waals surface area contributed by atoms with Crippen molar-refractivity contribution in [3.05, 3.63) is 59.7 Å². The Morgan fingerprint density at radius 2 is 1.83 bits per heavy atom. The molecule has 0 spiro atoms. The van der Waals surface area contributed by atoms with Gasteiger partial charge in [-0.1, -0.05) is 30.3 Å². The van der Waals surface area contributed by atoms with E-state index in [9.17, 15) is 9.59 Å². The van der Waals surface area contributed by atoms with Crippen molar-refractivity contribution in [3.63, 3.8) is 0 Å². The normalized spacial score (nSPS) is 15.4. The van der Waals surface area contributed by atoms with E-state index in [-0.39, 0.29) is 18.2 Å². The fourth-order valence-electron chi connectivity index (χ4n) is 3.04. The number of rotatable bonds is 3. The van der Waals surface area contributed by atoms with Crippen LogP contribution >= 0.6 is 0 Å². The second-order valence-corrected chi connectivity index (χ2v) is 6.43. The summed E-state index contributed by atoms with van der Waals surface area (Å²) in [6.45, 7) is 3.84. The molecule has 0 atom stereocenters. The van der Waals surface area contributed by atoms with Gasteiger partial charge in [0.15, 0.2) is 0 Å². The average molecular weight is 308 g/mol. The standard InChI is InChI=1S/C19H20N2O2/c1-19(2)15-11-13(9-10-16(15)21(3)18(19)23)12-17(22)20-14-7-5-4-6-8-14/h4-11H,12H2,1-3H3,(H,20,22). The molecule has 1 aliphatic heterocycles. The van der Waals surface area contributed by atoms with Gasteiger partial charge in [0.25, 0.3) is 0 Å². The van der Waals surface area contributed by atoms with Crippen molar-refractivity contribution < 1.29 is 9.59 Å². The number of carbonyl (C=O) groups is 2. The van der Waals surface area contributed by atoms with Gasteiger partial charge in [0.2, 0.25) is 11.8 Å². The Kier molecular flexibility index (Phi) is 3.68. The van der Waals surface area contributed by atoms with Crippen molar-refractivity contribution in [1.29, 1.82) is 0 Å². The Morgan fingerprint density at radius 3 is 2.52 bits per heavy atom. The van der Waals surface area contributed by atoms with Gasteiger partial charge >= 0.3 is 0 Å². The molecule has 23 heavy (non-hydrogen) atoms. The highest BCUT2D eigenvalue weighted by molar-refractivity contribution is 6.07. The molecule has 0 bridgehead atoms. The van der Waals surface area contributed by atoms with Gasteiger partial charge in [-0.3, -0.25) is 9.59 Å². The van der Waals surface area contributed by atoms with Crippen LogP contribution in [0.4, 0.5) is 11.4 Å². The lowest BCUT2D eigenvalue weighted by Crippen LogP contribution is -2.33. The summed E-state index contributed by atoms with van der Waals surface area (Å²) in [7, 11) is 1.79. The number of hydrogen-bond acceptors (Lipinski definition) is 2. The van der Waals surface area contributed by atoms with Gasteiger partial charge in [-0.2, -0.15) is 0 Å². The van der Waals surface area contributed by atoms with Gasteiger partial charge in [0, 0.05) is 18.4 Å². The molecular weight excluding hydrogens is 288 g/mol. The summed E-state index contributed by atoms with van der Waals surface area (Å²) in [5.74, 6) is 0.0185. The molecule has 0 fully saturated rings. The van der Waals surface area contributed by atoms with Crippen LogP contribution in [0.3, 0.4) is 0 Å². The molecule has 3 rings (SSSR count). The highest BCUT2D eigenvalue weighted by Crippen LogP contribution is 2.41. The number of carbonyl (C=O) groups excluding carboxylic acids is 2. The van der Waals surface area contributed by atoms with Crippen LogP contribution in [0.2, 0.25) is 0 Å². The Bertz CT molecular complexity index is 766. The molecule has 1 N–H and O–H groups in total. The molecule has 1 aliphatic rings. The largest absolute Gasteiger partial charge is 0.326 e. The first-order valence-corrected chi connectivity index (χ1v) is 7.66. The summed E-state index contributed by atoms with van der Waals surface area (Å²) in [4.78, 5) is 26.2. The highest BCUT2D eigenvalue weighted by atomic mass is 16.2. The minimum Gasteiger partial charge on any atom is -0.326 e. The van der Waals surface area contributed by atoms with E-state index in [1.54, 1.807) is 11.9 Å². The number of hydrogen-bond donors (Lipinski definition) is 1. The van der Waals surface area contributed by atoms with E-state index < -0.39 is 5.41 Å². The van der Waals surface area contributed by atoms with Gasteiger partial charge < -0.3 is 10.2 Å². The quantitative estimate of drug-likeness (QED) is 0.947. The number of benzene rings is 2. The van der Waals surface area contributed by atoms with E-state index in [2.05, 4.69) is 5.32 Å². The molecule has 0 aromatic heterocycles. The maximum absolute atomic E-state index is 12.3. The van der Waals surface area contributed by atoms with Crippen molar-refractivity contribution in [2.75, 3.05) is 17.3 Å². The molecular formula is C19H20N2O2. The van der Waals surface area contributed by atoms with E-state index in [1.807, 2.05) is 62.4 Å². The minimum atomic E-state index is -0.546. The average Bonchev–Trinajstić information content (AvgIpc) is 2.69. The summed E-state index contributed by atoms with van der Waals surface area (Å²) in [6, 6.07) is 15.2. The van der Waals surface area contributed by atoms with Gasteiger partial charge in [-0.25, -0.2) is 0 Å². The predicted octanol–water partition coefficient (Wildman–Crippen LogP) is 3.12. The fourth-order valence-corrected chi connectivity index (χ4v) is 3.04. The fraction of sp³-hybridized carbons (Fsp3) is 0.263. The monoisotopic (exact) mass is 308 g/mol. The number of nitrogens with zero attached hydrogens (tertiary/aromatic N) is 1. The zero-order valence-electron chi connectivity index (χ0n) is 13.6. The Balaban J connectivity index is 1.80. The van der Waals surface area contributed by atoms with Crippen molar-refractivity contribution >= 4 is 23.2 Å². The van der Waals surface area contributed by atoms with E-state index in [4.69, 9.17) is 0 Å². The number of nitrogens with one attached hydrogen (secondary N) is 1. The summed E-state index contributed by atoms with van der Waals surface area (Å²) in [5, 5.41) is 2.88. The molecule has 2 aromatic carbocycles. The third-order valence-electron chi connectivity index (χ3n) is 4.36. The van der Waals surface area contributed by atoms with Crippen LogP contribution in [0.5, 0.6) is 0 Å². The molecule has 4 nitrogen and oxygen atoms in total. The lowest BCUT2D eigenvalue weighted by Gasteiger charge is -2.16. The van der Waals surface area contributed by atoms with Crippen LogP contribution in [-0.4, -0.2) is 18.9 Å². The number of amides is 2. The van der Waals surface area contributed by atoms with Crippen LogP contribution < -0.4 is 10.2 Å². The first-order chi connectivity index (χ1) is 10.9. The van der Waals surface area contributed by atoms with Gasteiger partial charge in [-0.15, -0.1) is 0 Å². The molecule has 0 radical (unpaired) electrons. The third-order valence-corrected chi connectivity index (χ3v) is 4.36. The lowest BCUT2D eigenvalue weighted by molar-refractivity contribution is -0.121. The van der Waals surface area contributed by atoms with Crippen LogP contribution in [0, 0.1) is 0 Å². The number of fused-ring (bicyclic) bond motifs is 1. The van der Waals surface area contributed by atoms with Crippen LogP contribution in [0.15, 0.2) is 48.5 Å². The molecule has 0 saturated heterocycles. The summed E-state index contributed by atoms with van der Waals surface area (Å²) < 4.78 is 0. The van der Waals surface area contributed by atoms with E-state index in [0.717, 1.165) is 22.5 Å². The van der Waals surface area contributed by atoms with Crippen LogP contribution in [-0.2, 0) is 21.4 Å². The Labute approximate surface area is 136 Å². The number of anilines is 2. The zero-order valence-corrected chi connectivity index (χ0v) is 13.6. The van der Waals surface area contributed by atoms with Crippen LogP contribution in [0.25, 0.3) is 0 Å². The van der Waals surface area contributed by atoms with Gasteiger partial charge in [-0.05, 0) is 43.2 Å². The third kappa shape index (κ3) is 2.72. The first-order valence-electron chi connectivity index (χ1n) is 7.66. The maximum atomic E-state index is 12.3. The SMILES string of the molecule is CN1C(=O)C(C)(C)c2cc(CC(=O)Nc3ccccc3)ccc21. The molecule has 0 aliphatic carbocycles. The van der Waals surface area contributed by atoms with E-state index in [1.165, 1.54) is 0 Å². The summed E-state index contributed by atoms with van der Waals surface area (Å²) in [5.41, 5.74) is 3.06. The van der Waals surface area contributed by atoms with E-state index in [0.29, 0.717) is 0 Å². The zero-order chi connectivity index (χ0) is 16.6. The smallest absolute Gasteiger partial charge is 0.236 e. The number of para-hydroxylation sites is 1. The molecule has 1 heterocycles. The molecule has 2 amide bonds. The van der Waals surface area contributed by atoms with Crippen molar-refractivity contribution in [2.45, 2.75) is 25.7 Å². The first kappa shape index (κ1) is 15.3. The molecule has 2 aromatic rings. The number of likely N-dealkylation sites (N-methyl/N-ethyl adjacent to an activating group) is 1. The minimum absolute atomic E-state index is 0.0633. The van der Waals surface area contributed by atoms with Gasteiger partial charge in [0.05, 0.1) is 11.8 Å². The van der Waals surface area contributed by atoms with E-state index >= 15 is 0 Å². The van der Waals surface area contributed by atoms with Crippen molar-refractivity contribution in [2.24, 2.45) is 0 Å².